The minimum atomic E-state index is -4.49. The lowest BCUT2D eigenvalue weighted by molar-refractivity contribution is -0.104. The Labute approximate surface area is 257 Å². The number of ether oxygens (including phenoxy) is 2. The molecule has 0 radical (unpaired) electrons. The molecule has 1 aromatic heterocycles. The largest absolute Gasteiger partial charge is 0.462 e. The average Bonchev–Trinajstić information content (AvgIpc) is 3.41. The van der Waals surface area contributed by atoms with Crippen LogP contribution in [0.15, 0.2) is 30.4 Å². The van der Waals surface area contributed by atoms with Crippen molar-refractivity contribution in [3.8, 4) is 12.1 Å². The number of likely N-dealkylation sites (tertiary alicyclic amines) is 1. The summed E-state index contributed by atoms with van der Waals surface area (Å²) in [6.07, 6.45) is -1.30. The van der Waals surface area contributed by atoms with Crippen molar-refractivity contribution in [2.24, 2.45) is 0 Å². The van der Waals surface area contributed by atoms with Gasteiger partial charge >= 0.3 is 12.2 Å². The third-order valence-corrected chi connectivity index (χ3v) is 9.18. The fourth-order valence-electron chi connectivity index (χ4n) is 6.28. The van der Waals surface area contributed by atoms with E-state index >= 15 is 0 Å². The van der Waals surface area contributed by atoms with Crippen LogP contribution in [0, 0.1) is 25.2 Å². The molecule has 12 heteroatoms. The first-order valence-electron chi connectivity index (χ1n) is 15.3. The minimum Gasteiger partial charge on any atom is -0.462 e. The number of anilines is 2. The molecule has 4 heterocycles. The van der Waals surface area contributed by atoms with Crippen LogP contribution in [0.25, 0.3) is 0 Å². The van der Waals surface area contributed by atoms with Crippen LogP contribution in [0.2, 0.25) is 0 Å². The monoisotopic (exact) mass is 613 g/mol. The summed E-state index contributed by atoms with van der Waals surface area (Å²) in [6, 6.07) is 9.04. The number of alkyl halides is 3. The van der Waals surface area contributed by atoms with E-state index < -0.39 is 18.4 Å². The molecule has 0 spiro atoms. The van der Waals surface area contributed by atoms with E-state index in [9.17, 15) is 18.4 Å². The van der Waals surface area contributed by atoms with Crippen molar-refractivity contribution < 1.29 is 22.6 Å². The fourth-order valence-corrected chi connectivity index (χ4v) is 6.28. The van der Waals surface area contributed by atoms with E-state index in [2.05, 4.69) is 66.4 Å². The van der Waals surface area contributed by atoms with Crippen LogP contribution in [0.3, 0.4) is 0 Å². The van der Waals surface area contributed by atoms with E-state index in [4.69, 9.17) is 19.4 Å². The Morgan fingerprint density at radius 3 is 2.66 bits per heavy atom. The zero-order valence-electron chi connectivity index (χ0n) is 25.9. The molecule has 44 heavy (non-hydrogen) atoms. The fraction of sp³-hybridized carbons (Fsp3) is 0.594. The highest BCUT2D eigenvalue weighted by molar-refractivity contribution is 5.60. The summed E-state index contributed by atoms with van der Waals surface area (Å²) in [5, 5.41) is 9.57. The number of hydrogen-bond donors (Lipinski definition) is 0. The number of nitrogens with zero attached hydrogens (tertiary/aromatic N) is 7. The van der Waals surface area contributed by atoms with Crippen LogP contribution in [-0.4, -0.2) is 97.7 Å². The van der Waals surface area contributed by atoms with Gasteiger partial charge in [-0.3, -0.25) is 4.90 Å². The molecule has 2 saturated heterocycles. The smallest absolute Gasteiger partial charge is 0.414 e. The number of halogens is 3. The summed E-state index contributed by atoms with van der Waals surface area (Å²) in [4.78, 5) is 18.6. The Hall–Kier alpha value is -3.40. The molecule has 5 rings (SSSR count). The van der Waals surface area contributed by atoms with Gasteiger partial charge in [0.2, 0.25) is 0 Å². The summed E-state index contributed by atoms with van der Waals surface area (Å²) in [7, 11) is 2.11. The van der Waals surface area contributed by atoms with E-state index in [1.54, 1.807) is 0 Å². The zero-order chi connectivity index (χ0) is 31.4. The molecule has 0 unspecified atom stereocenters. The van der Waals surface area contributed by atoms with E-state index in [-0.39, 0.29) is 19.2 Å². The van der Waals surface area contributed by atoms with E-state index in [0.29, 0.717) is 44.8 Å². The summed E-state index contributed by atoms with van der Waals surface area (Å²) in [5.41, 5.74) is 4.79. The van der Waals surface area contributed by atoms with Crippen LogP contribution < -0.4 is 14.5 Å². The normalized spacial score (nSPS) is 21.3. The maximum Gasteiger partial charge on any atom is 0.414 e. The van der Waals surface area contributed by atoms with Gasteiger partial charge in [-0.1, -0.05) is 18.7 Å². The quantitative estimate of drug-likeness (QED) is 0.357. The van der Waals surface area contributed by atoms with Crippen LogP contribution in [0.4, 0.5) is 24.7 Å². The highest BCUT2D eigenvalue weighted by Crippen LogP contribution is 2.34. The summed E-state index contributed by atoms with van der Waals surface area (Å²) >= 11 is 0. The van der Waals surface area contributed by atoms with Crippen molar-refractivity contribution in [1.29, 1.82) is 5.26 Å². The number of benzene rings is 1. The number of aromatic nitrogens is 2. The second-order valence-electron chi connectivity index (χ2n) is 12.1. The zero-order valence-corrected chi connectivity index (χ0v) is 25.9. The molecule has 1 aromatic carbocycles. The first kappa shape index (κ1) is 32.0. The number of rotatable bonds is 10. The molecule has 9 nitrogen and oxygen atoms in total. The lowest BCUT2D eigenvalue weighted by Gasteiger charge is -2.42. The van der Waals surface area contributed by atoms with E-state index in [1.807, 2.05) is 4.90 Å². The number of hydrogen-bond acceptors (Lipinski definition) is 9. The maximum atomic E-state index is 12.9. The second-order valence-corrected chi connectivity index (χ2v) is 12.1. The molecule has 0 bridgehead atoms. The summed E-state index contributed by atoms with van der Waals surface area (Å²) in [6.45, 7) is 11.3. The Morgan fingerprint density at radius 2 is 1.93 bits per heavy atom. The van der Waals surface area contributed by atoms with Gasteiger partial charge in [-0.25, -0.2) is 0 Å². The van der Waals surface area contributed by atoms with Gasteiger partial charge < -0.3 is 24.2 Å². The highest BCUT2D eigenvalue weighted by atomic mass is 19.4. The molecule has 238 valence electrons. The molecule has 2 aromatic rings. The van der Waals surface area contributed by atoms with Gasteiger partial charge in [0.05, 0.1) is 43.6 Å². The van der Waals surface area contributed by atoms with Crippen molar-refractivity contribution in [3.63, 3.8) is 0 Å². The molecule has 2 atom stereocenters. The predicted octanol–water partition coefficient (Wildman–Crippen LogP) is 4.63. The maximum absolute atomic E-state index is 12.9. The van der Waals surface area contributed by atoms with Gasteiger partial charge in [0.1, 0.15) is 12.4 Å². The number of piperazine rings is 1. The molecule has 3 aliphatic heterocycles. The minimum absolute atomic E-state index is 0.00869. The van der Waals surface area contributed by atoms with Gasteiger partial charge in [-0.2, -0.15) is 28.4 Å². The van der Waals surface area contributed by atoms with Crippen LogP contribution in [0.1, 0.15) is 41.6 Å². The van der Waals surface area contributed by atoms with Crippen LogP contribution >= 0.6 is 0 Å². The molecule has 0 saturated carbocycles. The Bertz CT molecular complexity index is 1380. The Kier molecular flexibility index (Phi) is 9.97. The number of likely N-dealkylation sites (N-methyl/N-ethyl adjacent to an activating group) is 1. The van der Waals surface area contributed by atoms with Crippen molar-refractivity contribution in [2.75, 3.05) is 69.5 Å². The standard InChI is InChI=1S/C32H42F3N7O2/c1-22-7-5-9-29(24(22)3)40-14-11-27-28(18-40)37-31(44-20-26-8-6-13-39(26)4)38-30(27)41-15-16-42(25(17-41)10-12-36)21-43-19-23(2)32(33,34)35/h5,7,9,25-26H,2,6,8,10-11,13-21H2,1,3-4H3/t25-,26-/m0/s1. The van der Waals surface area contributed by atoms with Gasteiger partial charge in [-0.15, -0.1) is 0 Å². The number of nitriles is 1. The molecule has 3 aliphatic rings. The SMILES string of the molecule is C=C(COCN1CCN(c2nc(OC[C@@H]3CCCN3C)nc3c2CCN(c2cccc(C)c2C)C3)C[C@@H]1CC#N)C(F)(F)F. The number of aryl methyl sites for hydroxylation is 1. The van der Waals surface area contributed by atoms with Gasteiger partial charge in [0.25, 0.3) is 0 Å². The first-order chi connectivity index (χ1) is 21.0. The molecule has 0 aliphatic carbocycles. The average molecular weight is 614 g/mol. The van der Waals surface area contributed by atoms with Crippen LogP contribution in [0.5, 0.6) is 6.01 Å². The molecular formula is C32H42F3N7O2. The first-order valence-corrected chi connectivity index (χ1v) is 15.3. The van der Waals surface area contributed by atoms with Gasteiger partial charge in [0.15, 0.2) is 0 Å². The van der Waals surface area contributed by atoms with Gasteiger partial charge in [-0.05, 0) is 63.9 Å². The number of fused-ring (bicyclic) bond motifs is 1. The molecular weight excluding hydrogens is 571 g/mol. The molecule has 0 N–H and O–H groups in total. The van der Waals surface area contributed by atoms with Crippen molar-refractivity contribution in [2.45, 2.75) is 64.3 Å². The van der Waals surface area contributed by atoms with Crippen LogP contribution in [-0.2, 0) is 17.7 Å². The highest BCUT2D eigenvalue weighted by Gasteiger charge is 2.34. The Morgan fingerprint density at radius 1 is 1.11 bits per heavy atom. The Balaban J connectivity index is 1.37. The lowest BCUT2D eigenvalue weighted by Crippen LogP contribution is -2.54. The van der Waals surface area contributed by atoms with Crippen molar-refractivity contribution in [1.82, 2.24) is 19.8 Å². The van der Waals surface area contributed by atoms with E-state index in [1.165, 1.54) is 16.8 Å². The second kappa shape index (κ2) is 13.7. The summed E-state index contributed by atoms with van der Waals surface area (Å²) in [5.74, 6) is 0.819. The van der Waals surface area contributed by atoms with Crippen molar-refractivity contribution >= 4 is 11.5 Å². The predicted molar refractivity (Wildman–Crippen MR) is 163 cm³/mol. The molecule has 2 fully saturated rings. The topological polar surface area (TPSA) is 81.0 Å². The van der Waals surface area contributed by atoms with Gasteiger partial charge in [0, 0.05) is 49.5 Å². The third kappa shape index (κ3) is 7.28. The summed E-state index contributed by atoms with van der Waals surface area (Å²) < 4.78 is 50.2. The van der Waals surface area contributed by atoms with E-state index in [0.717, 1.165) is 49.4 Å². The third-order valence-electron chi connectivity index (χ3n) is 9.18. The van der Waals surface area contributed by atoms with Crippen molar-refractivity contribution in [3.05, 3.63) is 52.7 Å². The lowest BCUT2D eigenvalue weighted by atomic mass is 10.0. The molecule has 0 amide bonds.